The number of hydrogen-bond donors (Lipinski definition) is 2. The van der Waals surface area contributed by atoms with E-state index in [2.05, 4.69) is 10.3 Å². The van der Waals surface area contributed by atoms with Gasteiger partial charge in [-0.3, -0.25) is 4.98 Å². The Hall–Kier alpha value is -2.77. The predicted octanol–water partition coefficient (Wildman–Crippen LogP) is 2.98. The third-order valence-electron chi connectivity index (χ3n) is 4.73. The van der Waals surface area contributed by atoms with Crippen LogP contribution in [0, 0.1) is 5.82 Å². The fourth-order valence-electron chi connectivity index (χ4n) is 3.55. The first kappa shape index (κ1) is 17.6. The Morgan fingerprint density at radius 3 is 2.63 bits per heavy atom. The number of benzene rings is 1. The highest BCUT2D eigenvalue weighted by molar-refractivity contribution is 7.80. The molecular formula is C20H19FN4OS. The molecule has 2 aromatic heterocycles. The number of nitrogens with one attached hydrogen (secondary N) is 1. The average molecular weight is 382 g/mol. The summed E-state index contributed by atoms with van der Waals surface area (Å²) in [4.78, 5) is 6.47. The highest BCUT2D eigenvalue weighted by atomic mass is 32.1. The summed E-state index contributed by atoms with van der Waals surface area (Å²) >= 11 is 5.53. The number of thiocarbonyl (C=S) groups is 1. The van der Waals surface area contributed by atoms with E-state index in [0.29, 0.717) is 11.7 Å². The van der Waals surface area contributed by atoms with Gasteiger partial charge in [0.2, 0.25) is 0 Å². The van der Waals surface area contributed by atoms with Crippen molar-refractivity contribution in [3.05, 3.63) is 84.2 Å². The van der Waals surface area contributed by atoms with E-state index in [4.69, 9.17) is 12.2 Å². The molecule has 0 amide bonds. The molecule has 138 valence electrons. The average Bonchev–Trinajstić information content (AvgIpc) is 3.28. The van der Waals surface area contributed by atoms with Crippen LogP contribution in [0.25, 0.3) is 5.69 Å². The summed E-state index contributed by atoms with van der Waals surface area (Å²) in [6.45, 7) is 0.402. The van der Waals surface area contributed by atoms with E-state index < -0.39 is 0 Å². The Morgan fingerprint density at radius 1 is 1.11 bits per heavy atom. The molecule has 0 bridgehead atoms. The summed E-state index contributed by atoms with van der Waals surface area (Å²) in [5.41, 5.74) is 2.72. The lowest BCUT2D eigenvalue weighted by Gasteiger charge is -2.28. The Bertz CT molecular complexity index is 929. The van der Waals surface area contributed by atoms with Crippen LogP contribution in [-0.4, -0.2) is 37.8 Å². The molecule has 0 aliphatic carbocycles. The minimum absolute atomic E-state index is 0.00941. The monoisotopic (exact) mass is 382 g/mol. The third kappa shape index (κ3) is 3.31. The molecule has 4 rings (SSSR count). The molecule has 1 aromatic carbocycles. The van der Waals surface area contributed by atoms with Gasteiger partial charge in [0.15, 0.2) is 5.11 Å². The molecule has 27 heavy (non-hydrogen) atoms. The smallest absolute Gasteiger partial charge is 0.170 e. The highest BCUT2D eigenvalue weighted by Crippen LogP contribution is 2.39. The van der Waals surface area contributed by atoms with Gasteiger partial charge in [-0.1, -0.05) is 6.07 Å². The molecule has 2 atom stereocenters. The van der Waals surface area contributed by atoms with Gasteiger partial charge in [0.1, 0.15) is 5.82 Å². The van der Waals surface area contributed by atoms with Crippen molar-refractivity contribution in [2.45, 2.75) is 12.1 Å². The van der Waals surface area contributed by atoms with Crippen LogP contribution in [-0.2, 0) is 0 Å². The van der Waals surface area contributed by atoms with Crippen molar-refractivity contribution in [3.8, 4) is 5.69 Å². The van der Waals surface area contributed by atoms with Gasteiger partial charge in [-0.2, -0.15) is 0 Å². The molecular weight excluding hydrogens is 363 g/mol. The minimum Gasteiger partial charge on any atom is -0.395 e. The van der Waals surface area contributed by atoms with Gasteiger partial charge >= 0.3 is 0 Å². The van der Waals surface area contributed by atoms with E-state index in [-0.39, 0.29) is 24.5 Å². The Balaban J connectivity index is 1.80. The fourth-order valence-corrected chi connectivity index (χ4v) is 3.88. The van der Waals surface area contributed by atoms with Crippen molar-refractivity contribution in [2.24, 2.45) is 0 Å². The summed E-state index contributed by atoms with van der Waals surface area (Å²) in [6, 6.07) is 15.8. The molecule has 3 heterocycles. The van der Waals surface area contributed by atoms with Crippen LogP contribution in [0.15, 0.2) is 67.0 Å². The third-order valence-corrected chi connectivity index (χ3v) is 5.08. The lowest BCUT2D eigenvalue weighted by Crippen LogP contribution is -2.32. The largest absolute Gasteiger partial charge is 0.395 e. The molecule has 0 radical (unpaired) electrons. The van der Waals surface area contributed by atoms with Crippen LogP contribution in [0.4, 0.5) is 4.39 Å². The number of pyridine rings is 1. The summed E-state index contributed by atoms with van der Waals surface area (Å²) in [5.74, 6) is -0.274. The van der Waals surface area contributed by atoms with Gasteiger partial charge in [0.05, 0.1) is 24.4 Å². The Morgan fingerprint density at radius 2 is 1.93 bits per heavy atom. The predicted molar refractivity (Wildman–Crippen MR) is 105 cm³/mol. The van der Waals surface area contributed by atoms with Crippen molar-refractivity contribution >= 4 is 17.3 Å². The lowest BCUT2D eigenvalue weighted by atomic mass is 10.0. The molecule has 2 N–H and O–H groups in total. The molecule has 0 spiro atoms. The molecule has 1 aliphatic heterocycles. The maximum absolute atomic E-state index is 13.3. The molecule has 1 fully saturated rings. The summed E-state index contributed by atoms with van der Waals surface area (Å²) in [7, 11) is 0. The second kappa shape index (κ2) is 7.46. The van der Waals surface area contributed by atoms with Crippen LogP contribution in [0.5, 0.6) is 0 Å². The van der Waals surface area contributed by atoms with Gasteiger partial charge in [-0.25, -0.2) is 4.39 Å². The SMILES string of the molecule is OCCN1C(=S)N[C@H](c2ccccn2)[C@H]1c1cccn1-c1ccc(F)cc1. The number of nitrogens with zero attached hydrogens (tertiary/aromatic N) is 3. The number of hydrogen-bond acceptors (Lipinski definition) is 3. The molecule has 0 unspecified atom stereocenters. The van der Waals surface area contributed by atoms with Crippen molar-refractivity contribution in [3.63, 3.8) is 0 Å². The van der Waals surface area contributed by atoms with Gasteiger partial charge in [-0.05, 0) is 60.7 Å². The van der Waals surface area contributed by atoms with Crippen LogP contribution < -0.4 is 5.32 Å². The van der Waals surface area contributed by atoms with Crippen molar-refractivity contribution in [2.75, 3.05) is 13.2 Å². The van der Waals surface area contributed by atoms with E-state index in [9.17, 15) is 9.50 Å². The van der Waals surface area contributed by atoms with Crippen LogP contribution in [0.2, 0.25) is 0 Å². The first-order chi connectivity index (χ1) is 13.2. The van der Waals surface area contributed by atoms with E-state index in [1.54, 1.807) is 18.3 Å². The minimum atomic E-state index is -0.274. The van der Waals surface area contributed by atoms with E-state index in [1.807, 2.05) is 46.0 Å². The number of halogens is 1. The second-order valence-corrected chi connectivity index (χ2v) is 6.71. The zero-order valence-corrected chi connectivity index (χ0v) is 15.3. The molecule has 1 aliphatic rings. The molecule has 5 nitrogen and oxygen atoms in total. The standard InChI is InChI=1S/C20H19FN4OS/c21-14-6-8-15(9-7-14)24-11-3-5-17(24)19-18(16-4-1-2-10-22-16)23-20(27)25(19)12-13-26/h1-11,18-19,26H,12-13H2,(H,23,27)/t18-,19-/m1/s1. The number of β-amino-alcohol motifs (C(OH)–C–C–N with tert-alkyl or cyclic N) is 1. The quantitative estimate of drug-likeness (QED) is 0.665. The van der Waals surface area contributed by atoms with Gasteiger partial charge < -0.3 is 19.9 Å². The van der Waals surface area contributed by atoms with Gasteiger partial charge in [0.25, 0.3) is 0 Å². The zero-order chi connectivity index (χ0) is 18.8. The maximum atomic E-state index is 13.3. The normalized spacial score (nSPS) is 19.3. The number of aliphatic hydroxyl groups excluding tert-OH is 1. The summed E-state index contributed by atoms with van der Waals surface area (Å²) in [5, 5.41) is 13.5. The van der Waals surface area contributed by atoms with Crippen LogP contribution in [0.1, 0.15) is 23.5 Å². The number of aliphatic hydroxyl groups is 1. The first-order valence-corrected chi connectivity index (χ1v) is 9.12. The second-order valence-electron chi connectivity index (χ2n) is 6.32. The number of rotatable bonds is 5. The summed E-state index contributed by atoms with van der Waals surface area (Å²) in [6.07, 6.45) is 3.70. The summed E-state index contributed by atoms with van der Waals surface area (Å²) < 4.78 is 15.4. The topological polar surface area (TPSA) is 53.3 Å². The maximum Gasteiger partial charge on any atom is 0.170 e. The zero-order valence-electron chi connectivity index (χ0n) is 14.5. The fraction of sp³-hybridized carbons (Fsp3) is 0.200. The van der Waals surface area contributed by atoms with Crippen molar-refractivity contribution in [1.82, 2.24) is 19.8 Å². The first-order valence-electron chi connectivity index (χ1n) is 8.71. The van der Waals surface area contributed by atoms with E-state index >= 15 is 0 Å². The highest BCUT2D eigenvalue weighted by Gasteiger charge is 2.40. The molecule has 7 heteroatoms. The van der Waals surface area contributed by atoms with E-state index in [0.717, 1.165) is 17.1 Å². The van der Waals surface area contributed by atoms with Crippen LogP contribution >= 0.6 is 12.2 Å². The Labute approximate surface area is 162 Å². The Kier molecular flexibility index (Phi) is 4.87. The van der Waals surface area contributed by atoms with E-state index in [1.165, 1.54) is 12.1 Å². The van der Waals surface area contributed by atoms with Crippen molar-refractivity contribution < 1.29 is 9.50 Å². The lowest BCUT2D eigenvalue weighted by molar-refractivity contribution is 0.220. The number of aromatic nitrogens is 2. The van der Waals surface area contributed by atoms with Crippen molar-refractivity contribution in [1.29, 1.82) is 0 Å². The molecule has 3 aromatic rings. The molecule has 0 saturated carbocycles. The van der Waals surface area contributed by atoms with Gasteiger partial charge in [0, 0.05) is 30.3 Å². The molecule has 1 saturated heterocycles. The van der Waals surface area contributed by atoms with Gasteiger partial charge in [-0.15, -0.1) is 0 Å². The van der Waals surface area contributed by atoms with Crippen LogP contribution in [0.3, 0.4) is 0 Å².